The molecule has 1 aliphatic rings. The average molecular weight is 324 g/mol. The summed E-state index contributed by atoms with van der Waals surface area (Å²) in [5, 5.41) is 11.9. The van der Waals surface area contributed by atoms with Gasteiger partial charge < -0.3 is 5.32 Å². The second kappa shape index (κ2) is 9.09. The lowest BCUT2D eigenvalue weighted by Crippen LogP contribution is -2.46. The van der Waals surface area contributed by atoms with Gasteiger partial charge in [0.25, 0.3) is 6.43 Å². The lowest BCUT2D eigenvalue weighted by atomic mass is 10.0. The summed E-state index contributed by atoms with van der Waals surface area (Å²) in [6.07, 6.45) is -2.42. The SMILES string of the molecule is Cl.Cl.N#Cc1ccc([C@H](C(F)F)N2CCNCC2)cc1. The smallest absolute Gasteiger partial charge is 0.258 e. The van der Waals surface area contributed by atoms with E-state index in [0.29, 0.717) is 24.2 Å². The van der Waals surface area contributed by atoms with Crippen LogP contribution in [0.3, 0.4) is 0 Å². The number of nitrogens with zero attached hydrogens (tertiary/aromatic N) is 2. The number of alkyl halides is 2. The van der Waals surface area contributed by atoms with Crippen LogP contribution in [-0.4, -0.2) is 37.5 Å². The third-order valence-electron chi connectivity index (χ3n) is 3.16. The summed E-state index contributed by atoms with van der Waals surface area (Å²) >= 11 is 0. The van der Waals surface area contributed by atoms with Gasteiger partial charge in [-0.1, -0.05) is 12.1 Å². The summed E-state index contributed by atoms with van der Waals surface area (Å²) < 4.78 is 26.4. The largest absolute Gasteiger partial charge is 0.314 e. The van der Waals surface area contributed by atoms with Crippen LogP contribution in [-0.2, 0) is 0 Å². The third kappa shape index (κ3) is 4.57. The Morgan fingerprint density at radius 3 is 2.10 bits per heavy atom. The molecule has 1 aliphatic heterocycles. The topological polar surface area (TPSA) is 39.1 Å². The maximum Gasteiger partial charge on any atom is 0.258 e. The van der Waals surface area contributed by atoms with E-state index in [2.05, 4.69) is 5.32 Å². The monoisotopic (exact) mass is 323 g/mol. The molecule has 7 heteroatoms. The van der Waals surface area contributed by atoms with Crippen molar-refractivity contribution < 1.29 is 8.78 Å². The molecule has 0 amide bonds. The van der Waals surface area contributed by atoms with Crippen molar-refractivity contribution in [1.82, 2.24) is 10.2 Å². The molecule has 3 nitrogen and oxygen atoms in total. The van der Waals surface area contributed by atoms with E-state index in [1.54, 1.807) is 29.2 Å². The molecule has 112 valence electrons. The number of benzene rings is 1. The molecule has 0 aromatic heterocycles. The molecule has 20 heavy (non-hydrogen) atoms. The Balaban J connectivity index is 0.00000180. The van der Waals surface area contributed by atoms with Gasteiger partial charge in [-0.25, -0.2) is 8.78 Å². The predicted molar refractivity (Wildman–Crippen MR) is 78.8 cm³/mol. The predicted octanol–water partition coefficient (Wildman–Crippen LogP) is 2.61. The van der Waals surface area contributed by atoms with Crippen LogP contribution in [0.25, 0.3) is 0 Å². The first-order chi connectivity index (χ1) is 8.72. The molecule has 0 unspecified atom stereocenters. The molecule has 1 aromatic carbocycles. The minimum absolute atomic E-state index is 0. The zero-order chi connectivity index (χ0) is 13.0. The molecule has 1 N–H and O–H groups in total. The fourth-order valence-corrected chi connectivity index (χ4v) is 2.23. The molecule has 1 aromatic rings. The van der Waals surface area contributed by atoms with Crippen molar-refractivity contribution in [2.45, 2.75) is 12.5 Å². The van der Waals surface area contributed by atoms with Crippen LogP contribution in [0.2, 0.25) is 0 Å². The van der Waals surface area contributed by atoms with Gasteiger partial charge >= 0.3 is 0 Å². The van der Waals surface area contributed by atoms with Crippen molar-refractivity contribution >= 4 is 24.8 Å². The number of nitrogens with one attached hydrogen (secondary N) is 1. The molecule has 2 rings (SSSR count). The second-order valence-corrected chi connectivity index (χ2v) is 4.30. The first kappa shape index (κ1) is 19.1. The average Bonchev–Trinajstić information content (AvgIpc) is 2.40. The minimum Gasteiger partial charge on any atom is -0.314 e. The van der Waals surface area contributed by atoms with Gasteiger partial charge in [0, 0.05) is 26.2 Å². The molecule has 1 atom stereocenters. The van der Waals surface area contributed by atoms with Gasteiger partial charge in [-0.3, -0.25) is 4.90 Å². The molecule has 0 spiro atoms. The first-order valence-corrected chi connectivity index (χ1v) is 5.95. The molecule has 0 saturated carbocycles. The van der Waals surface area contributed by atoms with Crippen molar-refractivity contribution in [2.75, 3.05) is 26.2 Å². The number of nitriles is 1. The summed E-state index contributed by atoms with van der Waals surface area (Å²) in [6.45, 7) is 2.71. The van der Waals surface area contributed by atoms with Gasteiger partial charge in [0.2, 0.25) is 0 Å². The fraction of sp³-hybridized carbons (Fsp3) is 0.462. The molecule has 0 radical (unpaired) electrons. The number of piperazine rings is 1. The number of hydrogen-bond donors (Lipinski definition) is 1. The van der Waals surface area contributed by atoms with E-state index in [0.717, 1.165) is 13.1 Å². The van der Waals surface area contributed by atoms with E-state index in [1.807, 2.05) is 6.07 Å². The maximum absolute atomic E-state index is 13.2. The van der Waals surface area contributed by atoms with Crippen LogP contribution in [0.1, 0.15) is 17.2 Å². The minimum atomic E-state index is -2.42. The van der Waals surface area contributed by atoms with Crippen LogP contribution in [0.5, 0.6) is 0 Å². The van der Waals surface area contributed by atoms with E-state index >= 15 is 0 Å². The normalized spacial score (nSPS) is 16.7. The molecule has 1 saturated heterocycles. The molecule has 1 heterocycles. The first-order valence-electron chi connectivity index (χ1n) is 5.95. The number of halogens is 4. The molecular weight excluding hydrogens is 307 g/mol. The van der Waals surface area contributed by atoms with Crippen molar-refractivity contribution in [3.05, 3.63) is 35.4 Å². The summed E-state index contributed by atoms with van der Waals surface area (Å²) in [4.78, 5) is 1.79. The second-order valence-electron chi connectivity index (χ2n) is 4.30. The molecule has 1 fully saturated rings. The van der Waals surface area contributed by atoms with Crippen LogP contribution < -0.4 is 5.32 Å². The Hall–Kier alpha value is -0.930. The van der Waals surface area contributed by atoms with E-state index in [1.165, 1.54) is 0 Å². The van der Waals surface area contributed by atoms with Gasteiger partial charge in [-0.2, -0.15) is 5.26 Å². The van der Waals surface area contributed by atoms with Crippen molar-refractivity contribution in [3.63, 3.8) is 0 Å². The Morgan fingerprint density at radius 1 is 1.10 bits per heavy atom. The quantitative estimate of drug-likeness (QED) is 0.929. The van der Waals surface area contributed by atoms with Crippen molar-refractivity contribution in [3.8, 4) is 6.07 Å². The van der Waals surface area contributed by atoms with E-state index in [4.69, 9.17) is 5.26 Å². The number of hydrogen-bond acceptors (Lipinski definition) is 3. The van der Waals surface area contributed by atoms with E-state index < -0.39 is 12.5 Å². The number of rotatable bonds is 3. The highest BCUT2D eigenvalue weighted by molar-refractivity contribution is 5.85. The van der Waals surface area contributed by atoms with Gasteiger partial charge in [0.05, 0.1) is 17.7 Å². The summed E-state index contributed by atoms with van der Waals surface area (Å²) in [6, 6.07) is 7.54. The van der Waals surface area contributed by atoms with Gasteiger partial charge in [0.1, 0.15) is 0 Å². The third-order valence-corrected chi connectivity index (χ3v) is 3.16. The zero-order valence-electron chi connectivity index (χ0n) is 10.8. The lowest BCUT2D eigenvalue weighted by molar-refractivity contribution is 0.0182. The molecule has 0 bridgehead atoms. The van der Waals surface area contributed by atoms with E-state index in [-0.39, 0.29) is 24.8 Å². The Kier molecular flexibility index (Phi) is 8.67. The van der Waals surface area contributed by atoms with Crippen LogP contribution >= 0.6 is 24.8 Å². The van der Waals surface area contributed by atoms with Gasteiger partial charge in [-0.15, -0.1) is 24.8 Å². The summed E-state index contributed by atoms with van der Waals surface area (Å²) in [5.74, 6) is 0. The fourth-order valence-electron chi connectivity index (χ4n) is 2.23. The highest BCUT2D eigenvalue weighted by atomic mass is 35.5. The highest BCUT2D eigenvalue weighted by Crippen LogP contribution is 2.27. The van der Waals surface area contributed by atoms with Crippen LogP contribution in [0.15, 0.2) is 24.3 Å². The molecule has 0 aliphatic carbocycles. The summed E-state index contributed by atoms with van der Waals surface area (Å²) in [7, 11) is 0. The Labute approximate surface area is 129 Å². The lowest BCUT2D eigenvalue weighted by Gasteiger charge is -2.34. The zero-order valence-corrected chi connectivity index (χ0v) is 12.4. The molecular formula is C13H17Cl2F2N3. The maximum atomic E-state index is 13.2. The van der Waals surface area contributed by atoms with E-state index in [9.17, 15) is 8.78 Å². The van der Waals surface area contributed by atoms with Gasteiger partial charge in [0.15, 0.2) is 0 Å². The Bertz CT molecular complexity index is 428. The van der Waals surface area contributed by atoms with Gasteiger partial charge in [-0.05, 0) is 17.7 Å². The summed E-state index contributed by atoms with van der Waals surface area (Å²) in [5.41, 5.74) is 1.07. The highest BCUT2D eigenvalue weighted by Gasteiger charge is 2.29. The van der Waals surface area contributed by atoms with Crippen LogP contribution in [0.4, 0.5) is 8.78 Å². The van der Waals surface area contributed by atoms with Crippen LogP contribution in [0, 0.1) is 11.3 Å². The van der Waals surface area contributed by atoms with Crippen molar-refractivity contribution in [1.29, 1.82) is 5.26 Å². The van der Waals surface area contributed by atoms with Crippen molar-refractivity contribution in [2.24, 2.45) is 0 Å². The Morgan fingerprint density at radius 2 is 1.65 bits per heavy atom. The standard InChI is InChI=1S/C13H15F2N3.2ClH/c14-13(15)12(18-7-5-17-6-8-18)11-3-1-10(9-16)2-4-11;;/h1-4,12-13,17H,5-8H2;2*1H/t12-;;/m1../s1.